The Morgan fingerprint density at radius 1 is 1.56 bits per heavy atom. The third kappa shape index (κ3) is 7.77. The minimum atomic E-state index is -1.95. The van der Waals surface area contributed by atoms with Crippen molar-refractivity contribution in [3.8, 4) is 0 Å². The van der Waals surface area contributed by atoms with E-state index in [1.165, 1.54) is 6.08 Å². The lowest BCUT2D eigenvalue weighted by Crippen LogP contribution is -2.15. The minimum Gasteiger partial charge on any atom is -0.392 e. The van der Waals surface area contributed by atoms with E-state index in [1.807, 2.05) is 0 Å². The molecule has 3 N–H and O–H groups in total. The van der Waals surface area contributed by atoms with Gasteiger partial charge in [-0.1, -0.05) is 12.2 Å². The van der Waals surface area contributed by atoms with E-state index in [1.54, 1.807) is 6.08 Å². The lowest BCUT2D eigenvalue weighted by Gasteiger charge is -1.89. The van der Waals surface area contributed by atoms with Crippen LogP contribution in [-0.2, 0) is 11.3 Å². The molecule has 0 heterocycles. The van der Waals surface area contributed by atoms with Crippen molar-refractivity contribution in [3.05, 3.63) is 12.2 Å². The Balaban J connectivity index is 3.09. The van der Waals surface area contributed by atoms with Crippen LogP contribution in [-0.4, -0.2) is 27.0 Å². The zero-order chi connectivity index (χ0) is 7.11. The first-order valence-corrected chi connectivity index (χ1v) is 3.48. The van der Waals surface area contributed by atoms with Crippen molar-refractivity contribution in [1.29, 1.82) is 0 Å². The molecule has 0 aromatic rings. The first-order valence-electron chi connectivity index (χ1n) is 2.37. The van der Waals surface area contributed by atoms with Gasteiger partial charge >= 0.3 is 0 Å². The zero-order valence-electron chi connectivity index (χ0n) is 4.78. The molecule has 0 saturated heterocycles. The summed E-state index contributed by atoms with van der Waals surface area (Å²) in [6.45, 7) is 0.253. The van der Waals surface area contributed by atoms with Gasteiger partial charge in [0.25, 0.3) is 0 Å². The average molecular weight is 151 g/mol. The average Bonchev–Trinajstić information content (AvgIpc) is 1.80. The first kappa shape index (κ1) is 8.77. The third-order valence-corrected chi connectivity index (χ3v) is 1.01. The van der Waals surface area contributed by atoms with Crippen molar-refractivity contribution >= 4 is 11.3 Å². The zero-order valence-corrected chi connectivity index (χ0v) is 5.60. The second-order valence-corrected chi connectivity index (χ2v) is 2.04. The molecule has 4 nitrogen and oxygen atoms in total. The number of hydrogen-bond donors (Lipinski definition) is 3. The van der Waals surface area contributed by atoms with Gasteiger partial charge in [-0.25, -0.2) is 8.93 Å². The van der Waals surface area contributed by atoms with Gasteiger partial charge in [-0.3, -0.25) is 4.55 Å². The van der Waals surface area contributed by atoms with Gasteiger partial charge < -0.3 is 5.11 Å². The molecular weight excluding hydrogens is 142 g/mol. The SMILES string of the molecule is O=S(O)NCC=CCO. The molecule has 1 unspecified atom stereocenters. The van der Waals surface area contributed by atoms with Gasteiger partial charge in [-0.2, -0.15) is 0 Å². The molecule has 0 aliphatic heterocycles. The van der Waals surface area contributed by atoms with Crippen LogP contribution in [0.25, 0.3) is 0 Å². The fourth-order valence-electron chi connectivity index (χ4n) is 0.277. The number of aliphatic hydroxyl groups excluding tert-OH is 1. The summed E-state index contributed by atoms with van der Waals surface area (Å²) in [4.78, 5) is 0. The maximum absolute atomic E-state index is 9.87. The summed E-state index contributed by atoms with van der Waals surface area (Å²) in [5.74, 6) is 0. The van der Waals surface area contributed by atoms with Crippen LogP contribution < -0.4 is 4.72 Å². The highest BCUT2D eigenvalue weighted by atomic mass is 32.2. The molecule has 0 aromatic heterocycles. The molecule has 0 spiro atoms. The smallest absolute Gasteiger partial charge is 0.232 e. The van der Waals surface area contributed by atoms with Gasteiger partial charge in [0.05, 0.1) is 6.61 Å². The number of aliphatic hydroxyl groups is 1. The Morgan fingerprint density at radius 3 is 2.67 bits per heavy atom. The van der Waals surface area contributed by atoms with Crippen molar-refractivity contribution < 1.29 is 13.9 Å². The van der Waals surface area contributed by atoms with Crippen LogP contribution in [0.4, 0.5) is 0 Å². The predicted molar refractivity (Wildman–Crippen MR) is 35.0 cm³/mol. The summed E-state index contributed by atoms with van der Waals surface area (Å²) in [5.41, 5.74) is 0. The van der Waals surface area contributed by atoms with Crippen LogP contribution in [0.2, 0.25) is 0 Å². The van der Waals surface area contributed by atoms with E-state index in [-0.39, 0.29) is 6.61 Å². The second-order valence-electron chi connectivity index (χ2n) is 1.25. The Hall–Kier alpha value is -0.230. The Morgan fingerprint density at radius 2 is 2.22 bits per heavy atom. The molecule has 0 radical (unpaired) electrons. The third-order valence-electron chi connectivity index (χ3n) is 0.597. The maximum atomic E-state index is 9.87. The fraction of sp³-hybridized carbons (Fsp3) is 0.500. The largest absolute Gasteiger partial charge is 0.392 e. The van der Waals surface area contributed by atoms with Gasteiger partial charge in [0.1, 0.15) is 0 Å². The van der Waals surface area contributed by atoms with Crippen LogP contribution in [0.15, 0.2) is 12.2 Å². The minimum absolute atomic E-state index is 0.0419. The lowest BCUT2D eigenvalue weighted by molar-refractivity contribution is 0.342. The van der Waals surface area contributed by atoms with Crippen LogP contribution in [0.3, 0.4) is 0 Å². The van der Waals surface area contributed by atoms with Gasteiger partial charge in [0, 0.05) is 6.54 Å². The van der Waals surface area contributed by atoms with E-state index < -0.39 is 11.3 Å². The molecule has 0 amide bonds. The van der Waals surface area contributed by atoms with Crippen LogP contribution in [0, 0.1) is 0 Å². The predicted octanol–water partition coefficient (Wildman–Crippen LogP) is -0.739. The van der Waals surface area contributed by atoms with Gasteiger partial charge in [-0.05, 0) is 0 Å². The number of nitrogens with one attached hydrogen (secondary N) is 1. The van der Waals surface area contributed by atoms with Gasteiger partial charge in [0.15, 0.2) is 0 Å². The summed E-state index contributed by atoms with van der Waals surface area (Å²) in [6, 6.07) is 0. The molecule has 0 saturated carbocycles. The molecular formula is C4H9NO3S. The lowest BCUT2D eigenvalue weighted by atomic mass is 10.5. The summed E-state index contributed by atoms with van der Waals surface area (Å²) >= 11 is -1.95. The normalized spacial score (nSPS) is 14.4. The monoisotopic (exact) mass is 151 g/mol. The highest BCUT2D eigenvalue weighted by molar-refractivity contribution is 7.77. The van der Waals surface area contributed by atoms with Crippen LogP contribution >= 0.6 is 0 Å². The van der Waals surface area contributed by atoms with Crippen molar-refractivity contribution in [2.45, 2.75) is 0 Å². The molecule has 5 heteroatoms. The topological polar surface area (TPSA) is 69.6 Å². The molecule has 0 aliphatic carbocycles. The molecule has 0 aromatic carbocycles. The highest BCUT2D eigenvalue weighted by Gasteiger charge is 1.83. The molecule has 1 atom stereocenters. The fourth-order valence-corrected chi connectivity index (χ4v) is 0.516. The van der Waals surface area contributed by atoms with Gasteiger partial charge in [-0.15, -0.1) is 0 Å². The van der Waals surface area contributed by atoms with E-state index in [0.717, 1.165) is 0 Å². The van der Waals surface area contributed by atoms with Crippen LogP contribution in [0.1, 0.15) is 0 Å². The maximum Gasteiger partial charge on any atom is 0.232 e. The van der Waals surface area contributed by atoms with Crippen molar-refractivity contribution in [2.24, 2.45) is 0 Å². The molecule has 0 aliphatic rings. The van der Waals surface area contributed by atoms with Crippen molar-refractivity contribution in [3.63, 3.8) is 0 Å². The van der Waals surface area contributed by atoms with E-state index in [2.05, 4.69) is 4.72 Å². The molecule has 9 heavy (non-hydrogen) atoms. The van der Waals surface area contributed by atoms with Crippen LogP contribution in [0.5, 0.6) is 0 Å². The summed E-state index contributed by atoms with van der Waals surface area (Å²) in [7, 11) is 0. The Kier molecular flexibility index (Phi) is 5.75. The van der Waals surface area contributed by atoms with E-state index >= 15 is 0 Å². The first-order chi connectivity index (χ1) is 4.27. The summed E-state index contributed by atoms with van der Waals surface area (Å²) in [6.07, 6.45) is 3.05. The van der Waals surface area contributed by atoms with E-state index in [9.17, 15) is 4.21 Å². The quantitative estimate of drug-likeness (QED) is 0.366. The van der Waals surface area contributed by atoms with E-state index in [4.69, 9.17) is 9.66 Å². The summed E-state index contributed by atoms with van der Waals surface area (Å²) in [5, 5.41) is 8.18. The van der Waals surface area contributed by atoms with E-state index in [0.29, 0.717) is 6.54 Å². The molecule has 0 rings (SSSR count). The standard InChI is InChI=1S/C4H9NO3S/c6-4-2-1-3-5-9(7)8/h1-2,5-6H,3-4H2,(H,7,8). The van der Waals surface area contributed by atoms with Gasteiger partial charge in [0.2, 0.25) is 11.3 Å². The molecule has 0 bridgehead atoms. The number of hydrogen-bond acceptors (Lipinski definition) is 2. The van der Waals surface area contributed by atoms with Crippen molar-refractivity contribution in [1.82, 2.24) is 4.72 Å². The van der Waals surface area contributed by atoms with Crippen molar-refractivity contribution in [2.75, 3.05) is 13.2 Å². The molecule has 0 fully saturated rings. The summed E-state index contributed by atoms with van der Waals surface area (Å²) < 4.78 is 20.2. The Bertz CT molecular complexity index is 114. The number of rotatable bonds is 4. The Labute approximate surface area is 56.0 Å². The highest BCUT2D eigenvalue weighted by Crippen LogP contribution is 1.68. The molecule has 54 valence electrons. The second kappa shape index (κ2) is 5.90.